The number of carbonyl (C=O) groups excluding carboxylic acids is 1. The van der Waals surface area contributed by atoms with Crippen LogP contribution in [0, 0.1) is 18.3 Å². The fraction of sp³-hybridized carbons (Fsp3) is 0.700. The molecule has 0 radical (unpaired) electrons. The lowest BCUT2D eigenvalue weighted by molar-refractivity contribution is -0.133. The Kier molecular flexibility index (Phi) is 5.74. The van der Waals surface area contributed by atoms with Crippen LogP contribution >= 0.6 is 0 Å². The van der Waals surface area contributed by atoms with E-state index in [2.05, 4.69) is 28.9 Å². The van der Waals surface area contributed by atoms with Gasteiger partial charge in [-0.2, -0.15) is 0 Å². The van der Waals surface area contributed by atoms with Crippen molar-refractivity contribution in [3.05, 3.63) is 29.6 Å². The maximum atomic E-state index is 12.7. The van der Waals surface area contributed by atoms with E-state index in [1.54, 1.807) is 0 Å². The third kappa shape index (κ3) is 3.87. The molecule has 1 atom stereocenters. The summed E-state index contributed by atoms with van der Waals surface area (Å²) in [5.41, 5.74) is 2.31. The molecule has 5 nitrogen and oxygen atoms in total. The predicted octanol–water partition coefficient (Wildman–Crippen LogP) is 2.49. The Morgan fingerprint density at radius 3 is 2.68 bits per heavy atom. The number of hydrogen-bond acceptors (Lipinski definition) is 4. The summed E-state index contributed by atoms with van der Waals surface area (Å²) in [6.45, 7) is 12.0. The summed E-state index contributed by atoms with van der Waals surface area (Å²) in [5, 5.41) is 0. The van der Waals surface area contributed by atoms with E-state index in [0.29, 0.717) is 19.1 Å². The molecular formula is C20H31N3O2. The number of nitrogens with zero attached hydrogens (tertiary/aromatic N) is 3. The zero-order valence-electron chi connectivity index (χ0n) is 15.8. The second-order valence-electron chi connectivity index (χ2n) is 7.47. The fourth-order valence-corrected chi connectivity index (χ4v) is 4.38. The first kappa shape index (κ1) is 18.3. The minimum Gasteiger partial charge on any atom is -0.381 e. The molecule has 3 heterocycles. The van der Waals surface area contributed by atoms with Crippen molar-refractivity contribution in [1.29, 1.82) is 0 Å². The lowest BCUT2D eigenvalue weighted by Gasteiger charge is -2.41. The van der Waals surface area contributed by atoms with Gasteiger partial charge in [0.25, 0.3) is 0 Å². The zero-order valence-corrected chi connectivity index (χ0v) is 15.8. The highest BCUT2D eigenvalue weighted by molar-refractivity contribution is 5.82. The maximum Gasteiger partial charge on any atom is 0.228 e. The molecule has 0 aliphatic carbocycles. The number of pyridine rings is 1. The molecule has 1 aromatic heterocycles. The normalized spacial score (nSPS) is 23.6. The molecule has 3 rings (SSSR count). The van der Waals surface area contributed by atoms with Crippen molar-refractivity contribution in [2.75, 3.05) is 39.4 Å². The fourth-order valence-electron chi connectivity index (χ4n) is 4.38. The number of amides is 1. The quantitative estimate of drug-likeness (QED) is 0.795. The van der Waals surface area contributed by atoms with Crippen LogP contribution in [-0.4, -0.2) is 60.1 Å². The van der Waals surface area contributed by atoms with Crippen molar-refractivity contribution in [3.63, 3.8) is 0 Å². The molecule has 1 aromatic rings. The Balaban J connectivity index is 1.65. The zero-order chi connectivity index (χ0) is 17.9. The average Bonchev–Trinajstić information content (AvgIpc) is 2.87. The lowest BCUT2D eigenvalue weighted by Crippen LogP contribution is -2.45. The van der Waals surface area contributed by atoms with Crippen LogP contribution in [0.1, 0.15) is 38.1 Å². The van der Waals surface area contributed by atoms with Crippen LogP contribution in [0.25, 0.3) is 0 Å². The molecule has 138 valence electrons. The summed E-state index contributed by atoms with van der Waals surface area (Å²) >= 11 is 0. The van der Waals surface area contributed by atoms with Crippen molar-refractivity contribution in [2.24, 2.45) is 11.3 Å². The van der Waals surface area contributed by atoms with Crippen LogP contribution in [0.4, 0.5) is 0 Å². The summed E-state index contributed by atoms with van der Waals surface area (Å²) < 4.78 is 5.67. The largest absolute Gasteiger partial charge is 0.381 e. The van der Waals surface area contributed by atoms with Gasteiger partial charge in [-0.3, -0.25) is 14.7 Å². The van der Waals surface area contributed by atoms with Gasteiger partial charge in [0, 0.05) is 37.4 Å². The topological polar surface area (TPSA) is 45.7 Å². The molecule has 1 unspecified atom stereocenters. The van der Waals surface area contributed by atoms with Gasteiger partial charge in [-0.1, -0.05) is 6.07 Å². The molecule has 0 bridgehead atoms. The summed E-state index contributed by atoms with van der Waals surface area (Å²) in [5.74, 6) is 0.330. The first-order chi connectivity index (χ1) is 12.1. The number of rotatable bonds is 6. The molecule has 25 heavy (non-hydrogen) atoms. The highest BCUT2D eigenvalue weighted by Crippen LogP contribution is 2.45. The van der Waals surface area contributed by atoms with Gasteiger partial charge in [0.1, 0.15) is 0 Å². The Morgan fingerprint density at radius 1 is 1.28 bits per heavy atom. The summed E-state index contributed by atoms with van der Waals surface area (Å²) in [7, 11) is 0. The summed E-state index contributed by atoms with van der Waals surface area (Å²) in [4.78, 5) is 21.9. The second-order valence-corrected chi connectivity index (χ2v) is 7.47. The van der Waals surface area contributed by atoms with Crippen molar-refractivity contribution in [2.45, 2.75) is 40.2 Å². The molecule has 2 saturated heterocycles. The molecule has 2 fully saturated rings. The molecule has 0 aromatic carbocycles. The van der Waals surface area contributed by atoms with E-state index in [0.717, 1.165) is 57.0 Å². The van der Waals surface area contributed by atoms with E-state index >= 15 is 0 Å². The smallest absolute Gasteiger partial charge is 0.228 e. The summed E-state index contributed by atoms with van der Waals surface area (Å²) in [6, 6.07) is 6.22. The number of aromatic nitrogens is 1. The molecule has 0 N–H and O–H groups in total. The SMILES string of the molecule is CCOCC1C(=O)N(CC)CC12CCN(Cc1cccc(C)n1)CC2. The highest BCUT2D eigenvalue weighted by Gasteiger charge is 2.52. The molecule has 2 aliphatic rings. The third-order valence-corrected chi connectivity index (χ3v) is 5.91. The monoisotopic (exact) mass is 345 g/mol. The van der Waals surface area contributed by atoms with Gasteiger partial charge in [0.15, 0.2) is 0 Å². The van der Waals surface area contributed by atoms with Crippen molar-refractivity contribution in [3.8, 4) is 0 Å². The van der Waals surface area contributed by atoms with Crippen LogP contribution in [0.2, 0.25) is 0 Å². The van der Waals surface area contributed by atoms with E-state index in [9.17, 15) is 4.79 Å². The predicted molar refractivity (Wildman–Crippen MR) is 98.2 cm³/mol. The number of piperidine rings is 1. The average molecular weight is 345 g/mol. The number of hydrogen-bond donors (Lipinski definition) is 0. The van der Waals surface area contributed by atoms with Crippen LogP contribution in [0.3, 0.4) is 0 Å². The van der Waals surface area contributed by atoms with Crippen LogP contribution in [0.5, 0.6) is 0 Å². The van der Waals surface area contributed by atoms with Gasteiger partial charge < -0.3 is 9.64 Å². The molecule has 0 saturated carbocycles. The van der Waals surface area contributed by atoms with E-state index in [-0.39, 0.29) is 11.3 Å². The van der Waals surface area contributed by atoms with Crippen LogP contribution in [-0.2, 0) is 16.1 Å². The minimum atomic E-state index is 0.0339. The number of aryl methyl sites for hydroxylation is 1. The number of likely N-dealkylation sites (tertiary alicyclic amines) is 2. The number of carbonyl (C=O) groups is 1. The van der Waals surface area contributed by atoms with Crippen molar-refractivity contribution >= 4 is 5.91 Å². The lowest BCUT2D eigenvalue weighted by atomic mass is 9.71. The molecule has 5 heteroatoms. The van der Waals surface area contributed by atoms with Gasteiger partial charge in [-0.25, -0.2) is 0 Å². The standard InChI is InChI=1S/C20H31N3O2/c1-4-23-15-20(18(19(23)24)14-25-5-2)9-11-22(12-10-20)13-17-8-6-7-16(3)21-17/h6-8,18H,4-5,9-15H2,1-3H3. The first-order valence-electron chi connectivity index (χ1n) is 9.59. The molecular weight excluding hydrogens is 314 g/mol. The Bertz CT molecular complexity index is 596. The van der Waals surface area contributed by atoms with E-state index in [4.69, 9.17) is 4.74 Å². The van der Waals surface area contributed by atoms with E-state index in [1.807, 2.05) is 24.8 Å². The second kappa shape index (κ2) is 7.83. The van der Waals surface area contributed by atoms with Gasteiger partial charge in [0.05, 0.1) is 18.2 Å². The van der Waals surface area contributed by atoms with Crippen molar-refractivity contribution in [1.82, 2.24) is 14.8 Å². The minimum absolute atomic E-state index is 0.0339. The molecule has 1 amide bonds. The first-order valence-corrected chi connectivity index (χ1v) is 9.59. The Morgan fingerprint density at radius 2 is 2.04 bits per heavy atom. The van der Waals surface area contributed by atoms with Gasteiger partial charge >= 0.3 is 0 Å². The van der Waals surface area contributed by atoms with Crippen molar-refractivity contribution < 1.29 is 9.53 Å². The van der Waals surface area contributed by atoms with E-state index in [1.165, 1.54) is 0 Å². The van der Waals surface area contributed by atoms with Gasteiger partial charge in [-0.15, -0.1) is 0 Å². The number of ether oxygens (including phenoxy) is 1. The van der Waals surface area contributed by atoms with E-state index < -0.39 is 0 Å². The highest BCUT2D eigenvalue weighted by atomic mass is 16.5. The Labute approximate surface area is 151 Å². The van der Waals surface area contributed by atoms with Gasteiger partial charge in [-0.05, 0) is 58.8 Å². The molecule has 1 spiro atoms. The molecule has 2 aliphatic heterocycles. The Hall–Kier alpha value is -1.46. The third-order valence-electron chi connectivity index (χ3n) is 5.91. The van der Waals surface area contributed by atoms with Crippen LogP contribution in [0.15, 0.2) is 18.2 Å². The maximum absolute atomic E-state index is 12.7. The summed E-state index contributed by atoms with van der Waals surface area (Å²) in [6.07, 6.45) is 2.14. The van der Waals surface area contributed by atoms with Gasteiger partial charge in [0.2, 0.25) is 5.91 Å². The van der Waals surface area contributed by atoms with Crippen LogP contribution < -0.4 is 0 Å².